The second-order valence-electron chi connectivity index (χ2n) is 5.51. The molecule has 3 rings (SSSR count). The SMILES string of the molecule is Cc1ccc([C@@H](NC(=O)c2ccco2)c2cccnc2)cc1C. The molecule has 116 valence electrons. The van der Waals surface area contributed by atoms with Crippen LogP contribution in [0.5, 0.6) is 0 Å². The van der Waals surface area contributed by atoms with Crippen molar-refractivity contribution >= 4 is 5.91 Å². The van der Waals surface area contributed by atoms with Gasteiger partial charge in [-0.25, -0.2) is 0 Å². The lowest BCUT2D eigenvalue weighted by Gasteiger charge is -2.20. The van der Waals surface area contributed by atoms with E-state index < -0.39 is 0 Å². The number of nitrogens with one attached hydrogen (secondary N) is 1. The van der Waals surface area contributed by atoms with Gasteiger partial charge < -0.3 is 9.73 Å². The molecule has 0 radical (unpaired) electrons. The highest BCUT2D eigenvalue weighted by Crippen LogP contribution is 2.24. The summed E-state index contributed by atoms with van der Waals surface area (Å²) in [4.78, 5) is 16.6. The molecule has 0 saturated heterocycles. The van der Waals surface area contributed by atoms with Crippen molar-refractivity contribution < 1.29 is 9.21 Å². The number of nitrogens with zero attached hydrogens (tertiary/aromatic N) is 1. The minimum Gasteiger partial charge on any atom is -0.459 e. The first-order chi connectivity index (χ1) is 11.1. The van der Waals surface area contributed by atoms with E-state index in [1.165, 1.54) is 17.4 Å². The van der Waals surface area contributed by atoms with E-state index in [4.69, 9.17) is 4.42 Å². The maximum absolute atomic E-state index is 12.4. The highest BCUT2D eigenvalue weighted by molar-refractivity contribution is 5.91. The molecular formula is C19H18N2O2. The van der Waals surface area contributed by atoms with Crippen molar-refractivity contribution in [3.05, 3.63) is 89.1 Å². The third-order valence-electron chi connectivity index (χ3n) is 3.90. The van der Waals surface area contributed by atoms with Crippen LogP contribution in [0.1, 0.15) is 38.9 Å². The number of hydrogen-bond donors (Lipinski definition) is 1. The molecule has 1 amide bonds. The van der Waals surface area contributed by atoms with E-state index in [9.17, 15) is 4.79 Å². The Kier molecular flexibility index (Phi) is 4.24. The molecule has 0 fully saturated rings. The maximum Gasteiger partial charge on any atom is 0.287 e. The number of pyridine rings is 1. The summed E-state index contributed by atoms with van der Waals surface area (Å²) in [6, 6.07) is 13.1. The predicted molar refractivity (Wildman–Crippen MR) is 88.2 cm³/mol. The number of aryl methyl sites for hydroxylation is 2. The highest BCUT2D eigenvalue weighted by Gasteiger charge is 2.19. The molecule has 2 heterocycles. The standard InChI is InChI=1S/C19H18N2O2/c1-13-7-8-15(11-14(13)2)18(16-5-3-9-20-12-16)21-19(22)17-6-4-10-23-17/h3-12,18H,1-2H3,(H,21,22)/t18-/m1/s1. The lowest BCUT2D eigenvalue weighted by Crippen LogP contribution is -2.29. The minimum absolute atomic E-state index is 0.248. The van der Waals surface area contributed by atoms with E-state index in [2.05, 4.69) is 36.3 Å². The van der Waals surface area contributed by atoms with Crippen LogP contribution in [0, 0.1) is 13.8 Å². The van der Waals surface area contributed by atoms with Crippen molar-refractivity contribution in [3.63, 3.8) is 0 Å². The zero-order valence-electron chi connectivity index (χ0n) is 13.1. The van der Waals surface area contributed by atoms with Gasteiger partial charge in [0.15, 0.2) is 5.76 Å². The number of aromatic nitrogens is 1. The molecule has 0 aliphatic heterocycles. The maximum atomic E-state index is 12.4. The van der Waals surface area contributed by atoms with E-state index in [0.29, 0.717) is 5.76 Å². The van der Waals surface area contributed by atoms with E-state index in [0.717, 1.165) is 11.1 Å². The van der Waals surface area contributed by atoms with Gasteiger partial charge in [-0.2, -0.15) is 0 Å². The van der Waals surface area contributed by atoms with Crippen LogP contribution in [0.2, 0.25) is 0 Å². The van der Waals surface area contributed by atoms with Gasteiger partial charge in [-0.1, -0.05) is 24.3 Å². The molecule has 1 atom stereocenters. The summed E-state index contributed by atoms with van der Waals surface area (Å²) in [6.07, 6.45) is 4.97. The second kappa shape index (κ2) is 6.48. The molecule has 3 aromatic rings. The van der Waals surface area contributed by atoms with Gasteiger partial charge in [-0.05, 0) is 54.3 Å². The molecule has 0 aliphatic carbocycles. The van der Waals surface area contributed by atoms with Crippen LogP contribution in [-0.2, 0) is 0 Å². The van der Waals surface area contributed by atoms with Crippen molar-refractivity contribution in [2.24, 2.45) is 0 Å². The van der Waals surface area contributed by atoms with E-state index in [1.807, 2.05) is 18.2 Å². The molecule has 0 spiro atoms. The number of carbonyl (C=O) groups excluding carboxylic acids is 1. The fourth-order valence-corrected chi connectivity index (χ4v) is 2.46. The number of carbonyl (C=O) groups is 1. The van der Waals surface area contributed by atoms with Crippen LogP contribution in [0.15, 0.2) is 65.5 Å². The Morgan fingerprint density at radius 1 is 1.09 bits per heavy atom. The van der Waals surface area contributed by atoms with Crippen molar-refractivity contribution in [1.82, 2.24) is 10.3 Å². The van der Waals surface area contributed by atoms with Crippen molar-refractivity contribution in [2.45, 2.75) is 19.9 Å². The van der Waals surface area contributed by atoms with Crippen LogP contribution >= 0.6 is 0 Å². The molecular weight excluding hydrogens is 288 g/mol. The van der Waals surface area contributed by atoms with Crippen molar-refractivity contribution in [1.29, 1.82) is 0 Å². The Balaban J connectivity index is 1.97. The second-order valence-corrected chi connectivity index (χ2v) is 5.51. The number of benzene rings is 1. The van der Waals surface area contributed by atoms with Gasteiger partial charge >= 0.3 is 0 Å². The molecule has 0 bridgehead atoms. The summed E-state index contributed by atoms with van der Waals surface area (Å²) < 4.78 is 5.18. The van der Waals surface area contributed by atoms with Gasteiger partial charge in [0, 0.05) is 12.4 Å². The number of rotatable bonds is 4. The molecule has 4 heteroatoms. The Bertz CT molecular complexity index is 796. The molecule has 0 unspecified atom stereocenters. The van der Waals surface area contributed by atoms with Gasteiger partial charge in [0.2, 0.25) is 0 Å². The first kappa shape index (κ1) is 15.0. The first-order valence-corrected chi connectivity index (χ1v) is 7.46. The predicted octanol–water partition coefficient (Wildman–Crippen LogP) is 3.81. The van der Waals surface area contributed by atoms with E-state index >= 15 is 0 Å². The van der Waals surface area contributed by atoms with Crippen LogP contribution in [0.25, 0.3) is 0 Å². The third-order valence-corrected chi connectivity index (χ3v) is 3.90. The van der Waals surface area contributed by atoms with Crippen LogP contribution in [0.3, 0.4) is 0 Å². The van der Waals surface area contributed by atoms with Crippen LogP contribution in [-0.4, -0.2) is 10.9 Å². The molecule has 2 aromatic heterocycles. The monoisotopic (exact) mass is 306 g/mol. The Morgan fingerprint density at radius 3 is 2.61 bits per heavy atom. The fraction of sp³-hybridized carbons (Fsp3) is 0.158. The Hall–Kier alpha value is -2.88. The average Bonchev–Trinajstić information content (AvgIpc) is 3.10. The molecule has 0 saturated carbocycles. The summed E-state index contributed by atoms with van der Waals surface area (Å²) in [5.41, 5.74) is 4.34. The Labute approximate surface area is 135 Å². The van der Waals surface area contributed by atoms with Gasteiger partial charge in [-0.15, -0.1) is 0 Å². The van der Waals surface area contributed by atoms with Gasteiger partial charge in [0.1, 0.15) is 0 Å². The largest absolute Gasteiger partial charge is 0.459 e. The summed E-state index contributed by atoms with van der Waals surface area (Å²) in [7, 11) is 0. The number of amides is 1. The van der Waals surface area contributed by atoms with E-state index in [1.54, 1.807) is 24.5 Å². The lowest BCUT2D eigenvalue weighted by molar-refractivity contribution is 0.0915. The summed E-state index contributed by atoms with van der Waals surface area (Å²) >= 11 is 0. The lowest BCUT2D eigenvalue weighted by atomic mass is 9.96. The molecule has 4 nitrogen and oxygen atoms in total. The molecule has 1 aromatic carbocycles. The average molecular weight is 306 g/mol. The molecule has 23 heavy (non-hydrogen) atoms. The summed E-state index contributed by atoms with van der Waals surface area (Å²) in [5.74, 6) is 0.0461. The first-order valence-electron chi connectivity index (χ1n) is 7.46. The third kappa shape index (κ3) is 3.31. The summed E-state index contributed by atoms with van der Waals surface area (Å²) in [6.45, 7) is 4.13. The van der Waals surface area contributed by atoms with Crippen LogP contribution in [0.4, 0.5) is 0 Å². The molecule has 0 aliphatic rings. The topological polar surface area (TPSA) is 55.1 Å². The van der Waals surface area contributed by atoms with Crippen molar-refractivity contribution in [3.8, 4) is 0 Å². The number of hydrogen-bond acceptors (Lipinski definition) is 3. The smallest absolute Gasteiger partial charge is 0.287 e. The van der Waals surface area contributed by atoms with Gasteiger partial charge in [0.05, 0.1) is 12.3 Å². The van der Waals surface area contributed by atoms with E-state index in [-0.39, 0.29) is 11.9 Å². The quantitative estimate of drug-likeness (QED) is 0.797. The van der Waals surface area contributed by atoms with Gasteiger partial charge in [-0.3, -0.25) is 9.78 Å². The Morgan fingerprint density at radius 2 is 1.96 bits per heavy atom. The zero-order valence-corrected chi connectivity index (χ0v) is 13.1. The number of furan rings is 1. The minimum atomic E-state index is -0.277. The molecule has 1 N–H and O–H groups in total. The van der Waals surface area contributed by atoms with Crippen LogP contribution < -0.4 is 5.32 Å². The van der Waals surface area contributed by atoms with Crippen molar-refractivity contribution in [2.75, 3.05) is 0 Å². The summed E-state index contributed by atoms with van der Waals surface area (Å²) in [5, 5.41) is 3.03. The van der Waals surface area contributed by atoms with Gasteiger partial charge in [0.25, 0.3) is 5.91 Å². The fourth-order valence-electron chi connectivity index (χ4n) is 2.46. The zero-order chi connectivity index (χ0) is 16.2. The normalized spacial score (nSPS) is 11.9. The highest BCUT2D eigenvalue weighted by atomic mass is 16.3.